The van der Waals surface area contributed by atoms with E-state index in [-0.39, 0.29) is 23.1 Å². The predicted octanol–water partition coefficient (Wildman–Crippen LogP) is 4.76. The van der Waals surface area contributed by atoms with Crippen molar-refractivity contribution in [1.29, 1.82) is 0 Å². The number of rotatable bonds is 4. The van der Waals surface area contributed by atoms with Crippen molar-refractivity contribution in [3.8, 4) is 5.69 Å². The van der Waals surface area contributed by atoms with Crippen LogP contribution in [0.3, 0.4) is 0 Å². The molecule has 0 unspecified atom stereocenters. The quantitative estimate of drug-likeness (QED) is 0.552. The van der Waals surface area contributed by atoms with E-state index in [9.17, 15) is 9.59 Å². The molecule has 1 amide bonds. The molecule has 29 heavy (non-hydrogen) atoms. The number of aromatic nitrogens is 2. The van der Waals surface area contributed by atoms with Gasteiger partial charge in [0.2, 0.25) is 0 Å². The summed E-state index contributed by atoms with van der Waals surface area (Å²) in [6, 6.07) is 23.9. The van der Waals surface area contributed by atoms with Crippen molar-refractivity contribution in [2.24, 2.45) is 0 Å². The molecule has 0 saturated carbocycles. The molecule has 5 nitrogen and oxygen atoms in total. The smallest absolute Gasteiger partial charge is 0.279 e. The van der Waals surface area contributed by atoms with Crippen LogP contribution in [0.25, 0.3) is 16.5 Å². The van der Waals surface area contributed by atoms with Gasteiger partial charge in [-0.05, 0) is 35.7 Å². The first-order valence-electron chi connectivity index (χ1n) is 9.54. The summed E-state index contributed by atoms with van der Waals surface area (Å²) in [5, 5.41) is 8.40. The molecule has 0 bridgehead atoms. The SMILES string of the molecule is CC(C)c1ccccc1NC(=O)c1nn(-c2ccccc2)c(=O)c2ccccc12. The molecule has 0 saturated heterocycles. The number of hydrogen-bond acceptors (Lipinski definition) is 3. The Morgan fingerprint density at radius 3 is 2.21 bits per heavy atom. The first kappa shape index (κ1) is 18.6. The van der Waals surface area contributed by atoms with Gasteiger partial charge in [-0.2, -0.15) is 9.78 Å². The lowest BCUT2D eigenvalue weighted by Crippen LogP contribution is -2.26. The van der Waals surface area contributed by atoms with Crippen LogP contribution in [0.5, 0.6) is 0 Å². The van der Waals surface area contributed by atoms with Crippen molar-refractivity contribution < 1.29 is 4.79 Å². The van der Waals surface area contributed by atoms with E-state index in [4.69, 9.17) is 0 Å². The fraction of sp³-hybridized carbons (Fsp3) is 0.125. The topological polar surface area (TPSA) is 64.0 Å². The van der Waals surface area contributed by atoms with Crippen molar-refractivity contribution in [2.45, 2.75) is 19.8 Å². The summed E-state index contributed by atoms with van der Waals surface area (Å²) in [5.74, 6) is -0.0894. The number of hydrogen-bond donors (Lipinski definition) is 1. The monoisotopic (exact) mass is 383 g/mol. The summed E-state index contributed by atoms with van der Waals surface area (Å²) in [4.78, 5) is 26.2. The maximum Gasteiger partial charge on any atom is 0.279 e. The van der Waals surface area contributed by atoms with Crippen LogP contribution in [0.2, 0.25) is 0 Å². The number of nitrogens with one attached hydrogen (secondary N) is 1. The summed E-state index contributed by atoms with van der Waals surface area (Å²) >= 11 is 0. The molecule has 0 spiro atoms. The number of amides is 1. The highest BCUT2D eigenvalue weighted by Crippen LogP contribution is 2.25. The van der Waals surface area contributed by atoms with Crippen LogP contribution in [0.1, 0.15) is 35.8 Å². The van der Waals surface area contributed by atoms with Crippen molar-refractivity contribution in [2.75, 3.05) is 5.32 Å². The molecule has 0 aliphatic rings. The summed E-state index contributed by atoms with van der Waals surface area (Å²) < 4.78 is 1.28. The molecule has 0 fully saturated rings. The van der Waals surface area contributed by atoms with Gasteiger partial charge in [0.15, 0.2) is 5.69 Å². The van der Waals surface area contributed by atoms with Crippen molar-refractivity contribution in [1.82, 2.24) is 9.78 Å². The molecule has 4 rings (SSSR count). The number of anilines is 1. The van der Waals surface area contributed by atoms with Crippen LogP contribution < -0.4 is 10.9 Å². The lowest BCUT2D eigenvalue weighted by molar-refractivity contribution is 0.102. The van der Waals surface area contributed by atoms with Gasteiger partial charge in [0, 0.05) is 11.1 Å². The molecule has 0 atom stereocenters. The van der Waals surface area contributed by atoms with Gasteiger partial charge < -0.3 is 5.32 Å². The Morgan fingerprint density at radius 2 is 1.48 bits per heavy atom. The zero-order chi connectivity index (χ0) is 20.4. The minimum atomic E-state index is -0.348. The minimum absolute atomic E-state index is 0.211. The Balaban J connectivity index is 1.87. The van der Waals surface area contributed by atoms with Gasteiger partial charge in [-0.3, -0.25) is 9.59 Å². The van der Waals surface area contributed by atoms with E-state index in [1.165, 1.54) is 4.68 Å². The van der Waals surface area contributed by atoms with Crippen LogP contribution in [0, 0.1) is 0 Å². The van der Waals surface area contributed by atoms with Crippen LogP contribution in [0.15, 0.2) is 83.7 Å². The second-order valence-corrected chi connectivity index (χ2v) is 7.14. The number of carbonyl (C=O) groups is 1. The van der Waals surface area contributed by atoms with Crippen LogP contribution in [-0.4, -0.2) is 15.7 Å². The molecule has 0 aliphatic carbocycles. The second kappa shape index (κ2) is 7.72. The fourth-order valence-corrected chi connectivity index (χ4v) is 3.40. The number of fused-ring (bicyclic) bond motifs is 1. The highest BCUT2D eigenvalue weighted by Gasteiger charge is 2.18. The Labute approximate surface area is 168 Å². The fourth-order valence-electron chi connectivity index (χ4n) is 3.40. The van der Waals surface area contributed by atoms with E-state index in [1.807, 2.05) is 42.5 Å². The highest BCUT2D eigenvalue weighted by atomic mass is 16.2. The third-order valence-electron chi connectivity index (χ3n) is 4.85. The van der Waals surface area contributed by atoms with E-state index in [0.29, 0.717) is 16.5 Å². The molecule has 1 N–H and O–H groups in total. The Kier molecular flexibility index (Phi) is 4.96. The lowest BCUT2D eigenvalue weighted by atomic mass is 10.0. The van der Waals surface area contributed by atoms with Gasteiger partial charge in [-0.25, -0.2) is 0 Å². The average molecular weight is 383 g/mol. The number of carbonyl (C=O) groups excluding carboxylic acids is 1. The molecule has 5 heteroatoms. The standard InChI is InChI=1S/C24H21N3O2/c1-16(2)18-12-8-9-15-21(18)25-23(28)22-19-13-6-7-14-20(19)24(29)27(26-22)17-10-4-3-5-11-17/h3-16H,1-2H3,(H,25,28). The van der Waals surface area contributed by atoms with Gasteiger partial charge in [-0.15, -0.1) is 0 Å². The van der Waals surface area contributed by atoms with Crippen molar-refractivity contribution in [3.63, 3.8) is 0 Å². The first-order valence-corrected chi connectivity index (χ1v) is 9.54. The predicted molar refractivity (Wildman–Crippen MR) is 116 cm³/mol. The summed E-state index contributed by atoms with van der Waals surface area (Å²) in [6.45, 7) is 4.16. The van der Waals surface area contributed by atoms with Gasteiger partial charge >= 0.3 is 0 Å². The number of benzene rings is 3. The third-order valence-corrected chi connectivity index (χ3v) is 4.85. The Morgan fingerprint density at radius 1 is 0.862 bits per heavy atom. The van der Waals surface area contributed by atoms with Crippen LogP contribution in [-0.2, 0) is 0 Å². The summed E-state index contributed by atoms with van der Waals surface area (Å²) in [7, 11) is 0. The molecule has 1 aromatic heterocycles. The van der Waals surface area contributed by atoms with Crippen LogP contribution >= 0.6 is 0 Å². The zero-order valence-electron chi connectivity index (χ0n) is 16.3. The van der Waals surface area contributed by atoms with E-state index in [0.717, 1.165) is 11.3 Å². The maximum atomic E-state index is 13.2. The molecule has 0 radical (unpaired) electrons. The molecular weight excluding hydrogens is 362 g/mol. The lowest BCUT2D eigenvalue weighted by Gasteiger charge is -2.15. The van der Waals surface area contributed by atoms with E-state index in [2.05, 4.69) is 24.3 Å². The van der Waals surface area contributed by atoms with E-state index in [1.54, 1.807) is 36.4 Å². The van der Waals surface area contributed by atoms with Crippen LogP contribution in [0.4, 0.5) is 5.69 Å². The second-order valence-electron chi connectivity index (χ2n) is 7.14. The molecule has 3 aromatic carbocycles. The molecule has 1 heterocycles. The number of para-hydroxylation sites is 2. The Bertz CT molecular complexity index is 1240. The van der Waals surface area contributed by atoms with E-state index >= 15 is 0 Å². The first-order chi connectivity index (χ1) is 14.1. The highest BCUT2D eigenvalue weighted by molar-refractivity contribution is 6.11. The van der Waals surface area contributed by atoms with Crippen molar-refractivity contribution >= 4 is 22.4 Å². The molecule has 0 aliphatic heterocycles. The molecule has 144 valence electrons. The van der Waals surface area contributed by atoms with Gasteiger partial charge in [-0.1, -0.05) is 68.4 Å². The average Bonchev–Trinajstić information content (AvgIpc) is 2.75. The Hall–Kier alpha value is -3.73. The maximum absolute atomic E-state index is 13.2. The molecule has 4 aromatic rings. The van der Waals surface area contributed by atoms with Gasteiger partial charge in [0.05, 0.1) is 11.1 Å². The van der Waals surface area contributed by atoms with E-state index < -0.39 is 0 Å². The minimum Gasteiger partial charge on any atom is -0.320 e. The van der Waals surface area contributed by atoms with Gasteiger partial charge in [0.25, 0.3) is 11.5 Å². The van der Waals surface area contributed by atoms with Gasteiger partial charge in [0.1, 0.15) is 0 Å². The number of nitrogens with zero attached hydrogens (tertiary/aromatic N) is 2. The summed E-state index contributed by atoms with van der Waals surface area (Å²) in [6.07, 6.45) is 0. The largest absolute Gasteiger partial charge is 0.320 e. The molecular formula is C24H21N3O2. The van der Waals surface area contributed by atoms with Crippen molar-refractivity contribution in [3.05, 3.63) is 100 Å². The normalized spacial score (nSPS) is 11.0. The third kappa shape index (κ3) is 3.55. The summed E-state index contributed by atoms with van der Waals surface area (Å²) in [5.41, 5.74) is 2.35. The zero-order valence-corrected chi connectivity index (χ0v) is 16.3.